The van der Waals surface area contributed by atoms with E-state index in [1.807, 2.05) is 0 Å². The van der Waals surface area contributed by atoms with E-state index in [2.05, 4.69) is 20.8 Å². The number of benzene rings is 1. The van der Waals surface area contributed by atoms with Gasteiger partial charge in [0.05, 0.1) is 19.8 Å². The van der Waals surface area contributed by atoms with E-state index in [1.165, 1.54) is 257 Å². The molecule has 0 heterocycles. The fourth-order valence-electron chi connectivity index (χ4n) is 10.0. The number of aliphatic carboxylic acids is 2. The number of carbonyl (C=O) groups is 2. The van der Waals surface area contributed by atoms with Crippen LogP contribution in [0.25, 0.3) is 0 Å². The van der Waals surface area contributed by atoms with E-state index in [0.29, 0.717) is 37.1 Å². The first kappa shape index (κ1) is 65.6. The van der Waals surface area contributed by atoms with E-state index in [9.17, 15) is 19.8 Å². The molecule has 0 atom stereocenters. The van der Waals surface area contributed by atoms with Gasteiger partial charge in [-0.25, -0.2) is 0 Å². The van der Waals surface area contributed by atoms with Crippen molar-refractivity contribution >= 4 is 11.9 Å². The summed E-state index contributed by atoms with van der Waals surface area (Å²) in [6.45, 7) is 8.27. The van der Waals surface area contributed by atoms with Crippen molar-refractivity contribution in [2.45, 2.75) is 335 Å². The summed E-state index contributed by atoms with van der Waals surface area (Å²) in [6.07, 6.45) is 62.3. The monoisotopic (exact) mass is 985 g/mol. The Kier molecular flexibility index (Phi) is 48.2. The number of hydrogen-bond donors (Lipinski definition) is 2. The van der Waals surface area contributed by atoms with Crippen LogP contribution in [-0.2, 0) is 9.59 Å². The number of carboxylic acid groups (broad SMARTS) is 2. The Bertz CT molecular complexity index is 1210. The predicted octanol–water partition coefficient (Wildman–Crippen LogP) is 20.9. The highest BCUT2D eigenvalue weighted by atomic mass is 16.5. The fraction of sp³-hybridized carbons (Fsp3) is 0.873. The Morgan fingerprint density at radius 3 is 0.700 bits per heavy atom. The smallest absolute Gasteiger partial charge is 0.322 e. The first-order valence-electron chi connectivity index (χ1n) is 31.0. The molecule has 0 aliphatic rings. The fourth-order valence-corrected chi connectivity index (χ4v) is 10.0. The molecule has 0 aromatic heterocycles. The Balaban J connectivity index is 2.67. The van der Waals surface area contributed by atoms with Crippen LogP contribution in [0.2, 0.25) is 0 Å². The first-order chi connectivity index (χ1) is 34.5. The predicted molar refractivity (Wildman–Crippen MR) is 300 cm³/mol. The minimum atomic E-state index is -1.72. The summed E-state index contributed by atoms with van der Waals surface area (Å²) in [7, 11) is 0. The molecule has 410 valence electrons. The molecule has 0 amide bonds. The molecule has 2 N–H and O–H groups in total. The van der Waals surface area contributed by atoms with Crippen LogP contribution >= 0.6 is 0 Å². The molecule has 1 rings (SSSR count). The van der Waals surface area contributed by atoms with Gasteiger partial charge in [-0.3, -0.25) is 9.59 Å². The molecule has 0 radical (unpaired) electrons. The molecular weight excluding hydrogens is 869 g/mol. The van der Waals surface area contributed by atoms with Crippen molar-refractivity contribution in [1.29, 1.82) is 0 Å². The molecular formula is C63H116O7. The second-order valence-corrected chi connectivity index (χ2v) is 21.4. The van der Waals surface area contributed by atoms with Crippen molar-refractivity contribution in [3.63, 3.8) is 0 Å². The summed E-state index contributed by atoms with van der Waals surface area (Å²) in [4.78, 5) is 24.5. The van der Waals surface area contributed by atoms with Crippen LogP contribution < -0.4 is 14.2 Å². The maximum atomic E-state index is 12.3. The molecule has 0 spiro atoms. The summed E-state index contributed by atoms with van der Waals surface area (Å²) in [6, 6.07) is 3.15. The summed E-state index contributed by atoms with van der Waals surface area (Å²) in [5.74, 6) is -3.25. The third kappa shape index (κ3) is 40.1. The van der Waals surface area contributed by atoms with E-state index >= 15 is 0 Å². The van der Waals surface area contributed by atoms with Gasteiger partial charge in [-0.2, -0.15) is 0 Å². The Morgan fingerprint density at radius 1 is 0.314 bits per heavy atom. The van der Waals surface area contributed by atoms with Gasteiger partial charge < -0.3 is 24.4 Å². The molecule has 0 bridgehead atoms. The number of ether oxygens (including phenoxy) is 3. The van der Waals surface area contributed by atoms with Crippen LogP contribution in [0, 0.1) is 0 Å². The van der Waals surface area contributed by atoms with Gasteiger partial charge in [0.1, 0.15) is 0 Å². The third-order valence-electron chi connectivity index (χ3n) is 14.6. The molecule has 0 aliphatic heterocycles. The second kappa shape index (κ2) is 51.5. The lowest BCUT2D eigenvalue weighted by Crippen LogP contribution is -2.21. The summed E-state index contributed by atoms with van der Waals surface area (Å²) >= 11 is 0. The van der Waals surface area contributed by atoms with E-state index in [-0.39, 0.29) is 5.56 Å². The minimum absolute atomic E-state index is 0.152. The van der Waals surface area contributed by atoms with Crippen LogP contribution in [0.1, 0.15) is 340 Å². The highest BCUT2D eigenvalue weighted by molar-refractivity contribution is 5.99. The Labute approximate surface area is 433 Å². The molecule has 0 saturated carbocycles. The molecule has 0 unspecified atom stereocenters. The summed E-state index contributed by atoms with van der Waals surface area (Å²) in [5, 5.41) is 20.0. The molecule has 1 aromatic rings. The zero-order valence-electron chi connectivity index (χ0n) is 46.7. The van der Waals surface area contributed by atoms with E-state index < -0.39 is 17.9 Å². The van der Waals surface area contributed by atoms with Gasteiger partial charge in [-0.05, 0) is 37.0 Å². The first-order valence-corrected chi connectivity index (χ1v) is 31.0. The van der Waals surface area contributed by atoms with Gasteiger partial charge in [-0.15, -0.1) is 0 Å². The highest BCUT2D eigenvalue weighted by Gasteiger charge is 2.31. The topological polar surface area (TPSA) is 102 Å². The van der Waals surface area contributed by atoms with Crippen LogP contribution in [-0.4, -0.2) is 42.0 Å². The van der Waals surface area contributed by atoms with Crippen molar-refractivity contribution < 1.29 is 34.0 Å². The molecule has 7 nitrogen and oxygen atoms in total. The minimum Gasteiger partial charge on any atom is -0.490 e. The maximum absolute atomic E-state index is 12.3. The van der Waals surface area contributed by atoms with Crippen molar-refractivity contribution in [3.05, 3.63) is 17.7 Å². The van der Waals surface area contributed by atoms with E-state index in [4.69, 9.17) is 14.2 Å². The van der Waals surface area contributed by atoms with E-state index in [0.717, 1.165) is 51.4 Å². The number of carboxylic acids is 2. The summed E-state index contributed by atoms with van der Waals surface area (Å²) < 4.78 is 19.2. The number of hydrogen-bond acceptors (Lipinski definition) is 5. The van der Waals surface area contributed by atoms with Crippen LogP contribution in [0.4, 0.5) is 0 Å². The molecule has 1 aromatic carbocycles. The Hall–Kier alpha value is -2.44. The molecule has 7 heteroatoms. The van der Waals surface area contributed by atoms with E-state index in [1.54, 1.807) is 12.1 Å². The Morgan fingerprint density at radius 2 is 0.500 bits per heavy atom. The lowest BCUT2D eigenvalue weighted by molar-refractivity contribution is -0.150. The molecule has 0 saturated heterocycles. The largest absolute Gasteiger partial charge is 0.490 e. The van der Waals surface area contributed by atoms with Gasteiger partial charge >= 0.3 is 11.9 Å². The standard InChI is InChI=1S/C63H116O7/c1-4-7-10-13-16-19-22-25-28-31-34-37-40-43-46-49-52-68-58-55-57(60(62(64)65)63(66)67)56-59(69-53-50-47-44-41-38-35-32-29-26-23-20-17-14-11-8-5-2)61(58)70-54-51-48-45-42-39-36-33-30-27-24-21-18-15-12-9-6-3/h55-56,60H,4-54H2,1-3H3,(H,64,65)(H,66,67). The zero-order valence-corrected chi connectivity index (χ0v) is 46.7. The normalized spacial score (nSPS) is 11.5. The van der Waals surface area contributed by atoms with Gasteiger partial charge in [-0.1, -0.05) is 310 Å². The second-order valence-electron chi connectivity index (χ2n) is 21.4. The highest BCUT2D eigenvalue weighted by Crippen LogP contribution is 2.41. The zero-order chi connectivity index (χ0) is 50.6. The lowest BCUT2D eigenvalue weighted by atomic mass is 9.98. The van der Waals surface area contributed by atoms with Gasteiger partial charge in [0.25, 0.3) is 0 Å². The van der Waals surface area contributed by atoms with Gasteiger partial charge in [0.2, 0.25) is 5.75 Å². The molecule has 0 fully saturated rings. The van der Waals surface area contributed by atoms with Crippen LogP contribution in [0.3, 0.4) is 0 Å². The van der Waals surface area contributed by atoms with Crippen molar-refractivity contribution in [2.75, 3.05) is 19.8 Å². The average molecular weight is 986 g/mol. The average Bonchev–Trinajstić information content (AvgIpc) is 3.34. The quantitative estimate of drug-likeness (QED) is 0.0495. The third-order valence-corrected chi connectivity index (χ3v) is 14.6. The molecule has 0 aliphatic carbocycles. The van der Waals surface area contributed by atoms with Crippen molar-refractivity contribution in [1.82, 2.24) is 0 Å². The van der Waals surface area contributed by atoms with Gasteiger partial charge in [0, 0.05) is 0 Å². The van der Waals surface area contributed by atoms with Crippen molar-refractivity contribution in [3.8, 4) is 17.2 Å². The number of rotatable bonds is 57. The van der Waals surface area contributed by atoms with Crippen LogP contribution in [0.5, 0.6) is 17.2 Å². The maximum Gasteiger partial charge on any atom is 0.322 e. The summed E-state index contributed by atoms with van der Waals surface area (Å²) in [5.41, 5.74) is 0.152. The number of unbranched alkanes of at least 4 members (excludes halogenated alkanes) is 45. The lowest BCUT2D eigenvalue weighted by Gasteiger charge is -2.20. The van der Waals surface area contributed by atoms with Crippen LogP contribution in [0.15, 0.2) is 12.1 Å². The SMILES string of the molecule is CCCCCCCCCCCCCCCCCCOc1cc(C(C(=O)O)C(=O)O)cc(OCCCCCCCCCCCCCCCCCC)c1OCCCCCCCCCCCCCCCCCC. The van der Waals surface area contributed by atoms with Gasteiger partial charge in [0.15, 0.2) is 17.4 Å². The van der Waals surface area contributed by atoms with Crippen molar-refractivity contribution in [2.24, 2.45) is 0 Å². The molecule has 70 heavy (non-hydrogen) atoms.